The first-order valence-corrected chi connectivity index (χ1v) is 9.18. The first-order valence-electron chi connectivity index (χ1n) is 9.18. The largest absolute Gasteiger partial charge is 0.464 e. The fraction of sp³-hybridized carbons (Fsp3) is 0.318. The molecule has 1 atom stereocenters. The Morgan fingerprint density at radius 2 is 1.76 bits per heavy atom. The van der Waals surface area contributed by atoms with Crippen LogP contribution in [0, 0.1) is 5.92 Å². The Morgan fingerprint density at radius 3 is 2.56 bits per heavy atom. The summed E-state index contributed by atoms with van der Waals surface area (Å²) >= 11 is 0. The first-order chi connectivity index (χ1) is 12.3. The minimum absolute atomic E-state index is 0.263. The lowest BCUT2D eigenvalue weighted by molar-refractivity contribution is -0.133. The third kappa shape index (κ3) is 2.64. The molecule has 0 radical (unpaired) electrons. The van der Waals surface area contributed by atoms with Gasteiger partial charge in [0, 0.05) is 17.8 Å². The molecule has 2 heterocycles. The maximum atomic E-state index is 12.5. The lowest BCUT2D eigenvalue weighted by Crippen LogP contribution is -2.31. The van der Waals surface area contributed by atoms with Crippen LogP contribution in [-0.4, -0.2) is 17.4 Å². The molecule has 3 heteroatoms. The molecule has 3 aromatic rings. The molecule has 0 N–H and O–H groups in total. The maximum Gasteiger partial charge on any atom is 0.226 e. The minimum atomic E-state index is 0.263. The Kier molecular flexibility index (Phi) is 3.40. The molecule has 3 nitrogen and oxygen atoms in total. The van der Waals surface area contributed by atoms with Gasteiger partial charge in [0.1, 0.15) is 5.58 Å². The van der Waals surface area contributed by atoms with Gasteiger partial charge in [0.2, 0.25) is 5.91 Å². The third-order valence-electron chi connectivity index (χ3n) is 5.54. The summed E-state index contributed by atoms with van der Waals surface area (Å²) in [6.45, 7) is 0.916. The van der Waals surface area contributed by atoms with Crippen LogP contribution in [0.15, 0.2) is 59.2 Å². The number of amides is 1. The molecule has 2 aromatic carbocycles. The molecule has 1 aliphatic carbocycles. The molecule has 0 bridgehead atoms. The predicted octanol–water partition coefficient (Wildman–Crippen LogP) is 5.17. The fourth-order valence-corrected chi connectivity index (χ4v) is 3.99. The molecule has 1 amide bonds. The topological polar surface area (TPSA) is 33.5 Å². The number of likely N-dealkylation sites (tertiary alicyclic amines) is 1. The standard InChI is InChI=1S/C22H21NO2/c24-22(17-7-8-17)23-12-1-2-20(23)16-5-3-15(4-6-16)18-9-10-21-19(14-18)11-13-25-21/h3-6,9-11,13-14,17,20H,1-2,7-8,12H2. The third-order valence-corrected chi connectivity index (χ3v) is 5.54. The average Bonchev–Trinajstić information content (AvgIpc) is 3.20. The summed E-state index contributed by atoms with van der Waals surface area (Å²) in [5.74, 6) is 0.679. The van der Waals surface area contributed by atoms with Gasteiger partial charge in [0.15, 0.2) is 0 Å². The Morgan fingerprint density at radius 1 is 0.960 bits per heavy atom. The van der Waals surface area contributed by atoms with E-state index >= 15 is 0 Å². The molecule has 1 unspecified atom stereocenters. The van der Waals surface area contributed by atoms with E-state index in [4.69, 9.17) is 4.42 Å². The van der Waals surface area contributed by atoms with Crippen molar-refractivity contribution >= 4 is 16.9 Å². The number of fused-ring (bicyclic) bond motifs is 1. The van der Waals surface area contributed by atoms with E-state index in [1.54, 1.807) is 6.26 Å². The van der Waals surface area contributed by atoms with Crippen LogP contribution < -0.4 is 0 Å². The van der Waals surface area contributed by atoms with Crippen molar-refractivity contribution in [2.24, 2.45) is 5.92 Å². The van der Waals surface area contributed by atoms with Crippen LogP contribution in [0.5, 0.6) is 0 Å². The monoisotopic (exact) mass is 331 g/mol. The SMILES string of the molecule is O=C(C1CC1)N1CCCC1c1ccc(-c2ccc3occc3c2)cc1. The van der Waals surface area contributed by atoms with Crippen molar-refractivity contribution in [1.29, 1.82) is 0 Å². The zero-order chi connectivity index (χ0) is 16.8. The van der Waals surface area contributed by atoms with Crippen LogP contribution in [0.4, 0.5) is 0 Å². The van der Waals surface area contributed by atoms with E-state index in [1.165, 1.54) is 16.7 Å². The first kappa shape index (κ1) is 14.8. The minimum Gasteiger partial charge on any atom is -0.464 e. The summed E-state index contributed by atoms with van der Waals surface area (Å²) in [6, 6.07) is 17.3. The normalized spacial score (nSPS) is 20.3. The number of carbonyl (C=O) groups excluding carboxylic acids is 1. The van der Waals surface area contributed by atoms with Crippen molar-refractivity contribution in [3.8, 4) is 11.1 Å². The zero-order valence-corrected chi connectivity index (χ0v) is 14.2. The molecule has 1 aliphatic heterocycles. The Bertz CT molecular complexity index is 921. The van der Waals surface area contributed by atoms with E-state index in [0.717, 1.165) is 43.2 Å². The quantitative estimate of drug-likeness (QED) is 0.663. The number of carbonyl (C=O) groups is 1. The van der Waals surface area contributed by atoms with Gasteiger partial charge in [0.25, 0.3) is 0 Å². The summed E-state index contributed by atoms with van der Waals surface area (Å²) in [4.78, 5) is 14.6. The van der Waals surface area contributed by atoms with Crippen LogP contribution in [0.2, 0.25) is 0 Å². The number of furan rings is 1. The maximum absolute atomic E-state index is 12.5. The molecule has 5 rings (SSSR count). The summed E-state index contributed by atoms with van der Waals surface area (Å²) in [5.41, 5.74) is 4.57. The molecule has 1 saturated heterocycles. The molecule has 2 aliphatic rings. The highest BCUT2D eigenvalue weighted by atomic mass is 16.3. The van der Waals surface area contributed by atoms with Gasteiger partial charge in [-0.1, -0.05) is 30.3 Å². The number of rotatable bonds is 3. The van der Waals surface area contributed by atoms with Gasteiger partial charge in [0.05, 0.1) is 12.3 Å². The summed E-state index contributed by atoms with van der Waals surface area (Å²) < 4.78 is 5.42. The van der Waals surface area contributed by atoms with Crippen molar-refractivity contribution in [2.75, 3.05) is 6.54 Å². The van der Waals surface area contributed by atoms with Gasteiger partial charge < -0.3 is 9.32 Å². The number of nitrogens with zero attached hydrogens (tertiary/aromatic N) is 1. The van der Waals surface area contributed by atoms with E-state index in [2.05, 4.69) is 41.3 Å². The highest BCUT2D eigenvalue weighted by Gasteiger charge is 2.38. The number of hydrogen-bond donors (Lipinski definition) is 0. The van der Waals surface area contributed by atoms with Gasteiger partial charge in [-0.15, -0.1) is 0 Å². The lowest BCUT2D eigenvalue weighted by atomic mass is 9.99. The highest BCUT2D eigenvalue weighted by molar-refractivity contribution is 5.84. The number of hydrogen-bond acceptors (Lipinski definition) is 2. The van der Waals surface area contributed by atoms with Crippen molar-refractivity contribution in [3.05, 3.63) is 60.4 Å². The van der Waals surface area contributed by atoms with Gasteiger partial charge in [-0.05, 0) is 60.6 Å². The van der Waals surface area contributed by atoms with Crippen molar-refractivity contribution < 1.29 is 9.21 Å². The molecule has 2 fully saturated rings. The van der Waals surface area contributed by atoms with Crippen LogP contribution >= 0.6 is 0 Å². The fourth-order valence-electron chi connectivity index (χ4n) is 3.99. The average molecular weight is 331 g/mol. The predicted molar refractivity (Wildman–Crippen MR) is 98.1 cm³/mol. The van der Waals surface area contributed by atoms with Gasteiger partial charge in [-0.25, -0.2) is 0 Å². The molecular formula is C22H21NO2. The Balaban J connectivity index is 1.41. The molecule has 1 aromatic heterocycles. The van der Waals surface area contributed by atoms with Crippen LogP contribution in [0.25, 0.3) is 22.1 Å². The zero-order valence-electron chi connectivity index (χ0n) is 14.2. The lowest BCUT2D eigenvalue weighted by Gasteiger charge is -2.25. The van der Waals surface area contributed by atoms with E-state index in [1.807, 2.05) is 12.1 Å². The molecular weight excluding hydrogens is 310 g/mol. The van der Waals surface area contributed by atoms with E-state index < -0.39 is 0 Å². The van der Waals surface area contributed by atoms with Gasteiger partial charge in [-0.2, -0.15) is 0 Å². The van der Waals surface area contributed by atoms with E-state index in [-0.39, 0.29) is 6.04 Å². The second-order valence-corrected chi connectivity index (χ2v) is 7.26. The highest BCUT2D eigenvalue weighted by Crippen LogP contribution is 2.39. The van der Waals surface area contributed by atoms with Crippen molar-refractivity contribution in [1.82, 2.24) is 4.90 Å². The van der Waals surface area contributed by atoms with Crippen LogP contribution in [-0.2, 0) is 4.79 Å². The molecule has 126 valence electrons. The molecule has 25 heavy (non-hydrogen) atoms. The smallest absolute Gasteiger partial charge is 0.226 e. The van der Waals surface area contributed by atoms with Crippen molar-refractivity contribution in [3.63, 3.8) is 0 Å². The van der Waals surface area contributed by atoms with Crippen LogP contribution in [0.1, 0.15) is 37.3 Å². The van der Waals surface area contributed by atoms with Crippen LogP contribution in [0.3, 0.4) is 0 Å². The Labute approximate surface area is 147 Å². The summed E-state index contributed by atoms with van der Waals surface area (Å²) in [5, 5.41) is 1.12. The van der Waals surface area contributed by atoms with Crippen molar-refractivity contribution in [2.45, 2.75) is 31.7 Å². The summed E-state index contributed by atoms with van der Waals surface area (Å²) in [6.07, 6.45) is 6.08. The molecule has 1 saturated carbocycles. The molecule has 0 spiro atoms. The van der Waals surface area contributed by atoms with E-state index in [0.29, 0.717) is 11.8 Å². The Hall–Kier alpha value is -2.55. The van der Waals surface area contributed by atoms with Gasteiger partial charge >= 0.3 is 0 Å². The van der Waals surface area contributed by atoms with E-state index in [9.17, 15) is 4.79 Å². The summed E-state index contributed by atoms with van der Waals surface area (Å²) in [7, 11) is 0. The second-order valence-electron chi connectivity index (χ2n) is 7.26. The van der Waals surface area contributed by atoms with Gasteiger partial charge in [-0.3, -0.25) is 4.79 Å². The number of benzene rings is 2. The second kappa shape index (κ2) is 5.76.